The molecule has 0 saturated carbocycles. The van der Waals surface area contributed by atoms with Crippen molar-refractivity contribution in [2.45, 2.75) is 26.2 Å². The Kier molecular flexibility index (Phi) is 6.52. The summed E-state index contributed by atoms with van der Waals surface area (Å²) in [5.74, 6) is 0.505. The normalized spacial score (nSPS) is 12.2. The first-order chi connectivity index (χ1) is 14.0. The van der Waals surface area contributed by atoms with Crippen LogP contribution in [0.4, 0.5) is 0 Å². The lowest BCUT2D eigenvalue weighted by molar-refractivity contribution is -0.117. The molecule has 0 radical (unpaired) electrons. The molecule has 152 valence electrons. The van der Waals surface area contributed by atoms with Crippen LogP contribution in [-0.2, 0) is 9.47 Å². The highest BCUT2D eigenvalue weighted by molar-refractivity contribution is 6.07. The van der Waals surface area contributed by atoms with E-state index in [2.05, 4.69) is 36.5 Å². The average molecular weight is 393 g/mol. The van der Waals surface area contributed by atoms with E-state index in [1.54, 1.807) is 33.5 Å². The van der Waals surface area contributed by atoms with Crippen molar-refractivity contribution in [3.63, 3.8) is 0 Å². The fourth-order valence-electron chi connectivity index (χ4n) is 3.65. The highest BCUT2D eigenvalue weighted by atomic mass is 16.7. The lowest BCUT2D eigenvalue weighted by Gasteiger charge is -2.23. The highest BCUT2D eigenvalue weighted by Gasteiger charge is 2.22. The largest absolute Gasteiger partial charge is 0.497 e. The van der Waals surface area contributed by atoms with Gasteiger partial charge in [0.15, 0.2) is 6.29 Å². The van der Waals surface area contributed by atoms with Gasteiger partial charge in [-0.2, -0.15) is 0 Å². The fraction of sp³-hybridized carbons (Fsp3) is 0.292. The zero-order valence-electron chi connectivity index (χ0n) is 17.5. The molecule has 1 amide bonds. The van der Waals surface area contributed by atoms with Gasteiger partial charge in [0.1, 0.15) is 5.75 Å². The molecule has 3 rings (SSSR count). The van der Waals surface area contributed by atoms with Crippen LogP contribution in [-0.4, -0.2) is 39.6 Å². The molecule has 0 aliphatic carbocycles. The van der Waals surface area contributed by atoms with E-state index in [1.165, 1.54) is 0 Å². The molecule has 5 nitrogen and oxygen atoms in total. The van der Waals surface area contributed by atoms with Crippen LogP contribution in [0.25, 0.3) is 21.9 Å². The van der Waals surface area contributed by atoms with Gasteiger partial charge in [0, 0.05) is 19.8 Å². The maximum Gasteiger partial charge on any atom is 0.252 e. The minimum atomic E-state index is -0.528. The quantitative estimate of drug-likeness (QED) is 0.598. The number of hydrogen-bond acceptors (Lipinski definition) is 4. The van der Waals surface area contributed by atoms with E-state index in [9.17, 15) is 4.79 Å². The maximum atomic E-state index is 13.2. The number of carbonyl (C=O) groups is 1. The van der Waals surface area contributed by atoms with Crippen LogP contribution in [0.1, 0.15) is 22.8 Å². The van der Waals surface area contributed by atoms with Crippen molar-refractivity contribution in [1.29, 1.82) is 0 Å². The standard InChI is InChI=1S/C24H27NO4/c1-15-10-11-17-8-6-7-9-19(17)22(15)21-14-18(27-3)12-13-20(21)23(26)25-16(2)24(28-4)29-5/h6-14,16,24H,1-5H3,(H,25,26). The van der Waals surface area contributed by atoms with Crippen LogP contribution in [0.5, 0.6) is 5.75 Å². The summed E-state index contributed by atoms with van der Waals surface area (Å²) < 4.78 is 16.0. The van der Waals surface area contributed by atoms with E-state index in [-0.39, 0.29) is 11.9 Å². The molecule has 0 aromatic heterocycles. The summed E-state index contributed by atoms with van der Waals surface area (Å²) in [6, 6.07) is 17.5. The van der Waals surface area contributed by atoms with Crippen molar-refractivity contribution in [3.05, 3.63) is 65.7 Å². The van der Waals surface area contributed by atoms with Crippen molar-refractivity contribution in [2.24, 2.45) is 0 Å². The van der Waals surface area contributed by atoms with Gasteiger partial charge in [-0.1, -0.05) is 36.4 Å². The number of fused-ring (bicyclic) bond motifs is 1. The molecule has 0 aliphatic rings. The average Bonchev–Trinajstić information content (AvgIpc) is 2.74. The zero-order chi connectivity index (χ0) is 21.0. The first kappa shape index (κ1) is 20.8. The smallest absolute Gasteiger partial charge is 0.252 e. The number of rotatable bonds is 7. The van der Waals surface area contributed by atoms with E-state index < -0.39 is 6.29 Å². The molecule has 1 N–H and O–H groups in total. The molecule has 29 heavy (non-hydrogen) atoms. The maximum absolute atomic E-state index is 13.2. The third kappa shape index (κ3) is 4.26. The lowest BCUT2D eigenvalue weighted by Crippen LogP contribution is -2.43. The number of ether oxygens (including phenoxy) is 3. The van der Waals surface area contributed by atoms with Crippen LogP contribution in [0.3, 0.4) is 0 Å². The Morgan fingerprint density at radius 2 is 1.69 bits per heavy atom. The Hall–Kier alpha value is -2.89. The molecule has 0 aliphatic heterocycles. The second kappa shape index (κ2) is 9.07. The summed E-state index contributed by atoms with van der Waals surface area (Å²) in [5.41, 5.74) is 3.51. The molecular weight excluding hydrogens is 366 g/mol. The Balaban J connectivity index is 2.13. The van der Waals surface area contributed by atoms with Crippen molar-refractivity contribution < 1.29 is 19.0 Å². The molecule has 3 aromatic carbocycles. The topological polar surface area (TPSA) is 56.8 Å². The fourth-order valence-corrected chi connectivity index (χ4v) is 3.65. The summed E-state index contributed by atoms with van der Waals surface area (Å²) in [4.78, 5) is 13.2. The summed E-state index contributed by atoms with van der Waals surface area (Å²) in [6.45, 7) is 3.90. The van der Waals surface area contributed by atoms with Gasteiger partial charge in [-0.3, -0.25) is 4.79 Å². The van der Waals surface area contributed by atoms with Crippen LogP contribution in [0, 0.1) is 6.92 Å². The zero-order valence-corrected chi connectivity index (χ0v) is 17.5. The first-order valence-corrected chi connectivity index (χ1v) is 9.53. The van der Waals surface area contributed by atoms with Gasteiger partial charge in [-0.05, 0) is 59.5 Å². The first-order valence-electron chi connectivity index (χ1n) is 9.53. The van der Waals surface area contributed by atoms with Gasteiger partial charge in [0.2, 0.25) is 0 Å². The summed E-state index contributed by atoms with van der Waals surface area (Å²) in [6.07, 6.45) is -0.528. The minimum Gasteiger partial charge on any atom is -0.497 e. The molecular formula is C24H27NO4. The molecule has 3 aromatic rings. The second-order valence-corrected chi connectivity index (χ2v) is 6.99. The van der Waals surface area contributed by atoms with Gasteiger partial charge in [0.05, 0.1) is 13.2 Å². The van der Waals surface area contributed by atoms with E-state index in [1.807, 2.05) is 25.1 Å². The number of hydrogen-bond donors (Lipinski definition) is 1. The van der Waals surface area contributed by atoms with Gasteiger partial charge in [-0.15, -0.1) is 0 Å². The second-order valence-electron chi connectivity index (χ2n) is 6.99. The van der Waals surface area contributed by atoms with Crippen molar-refractivity contribution >= 4 is 16.7 Å². The molecule has 0 spiro atoms. The number of nitrogens with one attached hydrogen (secondary N) is 1. The van der Waals surface area contributed by atoms with Gasteiger partial charge in [0.25, 0.3) is 5.91 Å². The predicted molar refractivity (Wildman–Crippen MR) is 115 cm³/mol. The number of carbonyl (C=O) groups excluding carboxylic acids is 1. The SMILES string of the molecule is COc1ccc(C(=O)NC(C)C(OC)OC)c(-c2c(C)ccc3ccccc23)c1. The molecule has 1 unspecified atom stereocenters. The third-order valence-electron chi connectivity index (χ3n) is 5.11. The van der Waals surface area contributed by atoms with Crippen molar-refractivity contribution in [1.82, 2.24) is 5.32 Å². The Morgan fingerprint density at radius 3 is 2.38 bits per heavy atom. The van der Waals surface area contributed by atoms with Crippen molar-refractivity contribution in [2.75, 3.05) is 21.3 Å². The van der Waals surface area contributed by atoms with Crippen LogP contribution in [0.2, 0.25) is 0 Å². The predicted octanol–water partition coefficient (Wildman–Crippen LogP) is 4.56. The lowest BCUT2D eigenvalue weighted by atomic mass is 9.90. The van der Waals surface area contributed by atoms with Gasteiger partial charge in [-0.25, -0.2) is 0 Å². The number of aryl methyl sites for hydroxylation is 1. The Labute approximate surface area is 171 Å². The summed E-state index contributed by atoms with van der Waals surface area (Å²) in [7, 11) is 4.73. The highest BCUT2D eigenvalue weighted by Crippen LogP contribution is 2.36. The van der Waals surface area contributed by atoms with E-state index >= 15 is 0 Å². The molecule has 0 fully saturated rings. The van der Waals surface area contributed by atoms with Gasteiger partial charge < -0.3 is 19.5 Å². The minimum absolute atomic E-state index is 0.193. The summed E-state index contributed by atoms with van der Waals surface area (Å²) in [5, 5.41) is 5.20. The molecule has 5 heteroatoms. The molecule has 0 saturated heterocycles. The third-order valence-corrected chi connectivity index (χ3v) is 5.11. The molecule has 1 atom stereocenters. The van der Waals surface area contributed by atoms with Crippen LogP contribution >= 0.6 is 0 Å². The van der Waals surface area contributed by atoms with Crippen molar-refractivity contribution in [3.8, 4) is 16.9 Å². The Bertz CT molecular complexity index is 1010. The van der Waals surface area contributed by atoms with E-state index in [0.717, 1.165) is 27.5 Å². The monoisotopic (exact) mass is 393 g/mol. The molecule has 0 heterocycles. The number of methoxy groups -OCH3 is 3. The van der Waals surface area contributed by atoms with Gasteiger partial charge >= 0.3 is 0 Å². The number of amides is 1. The number of benzene rings is 3. The van der Waals surface area contributed by atoms with Crippen LogP contribution < -0.4 is 10.1 Å². The van der Waals surface area contributed by atoms with E-state index in [4.69, 9.17) is 14.2 Å². The Morgan fingerprint density at radius 1 is 0.966 bits per heavy atom. The molecule has 0 bridgehead atoms. The summed E-state index contributed by atoms with van der Waals surface area (Å²) >= 11 is 0. The van der Waals surface area contributed by atoms with Crippen LogP contribution in [0.15, 0.2) is 54.6 Å². The van der Waals surface area contributed by atoms with E-state index in [0.29, 0.717) is 11.3 Å².